The second-order valence-electron chi connectivity index (χ2n) is 5.36. The highest BCUT2D eigenvalue weighted by Crippen LogP contribution is 2.24. The summed E-state index contributed by atoms with van der Waals surface area (Å²) in [4.78, 5) is 13.0. The Morgan fingerprint density at radius 2 is 1.54 bits per heavy atom. The van der Waals surface area contributed by atoms with Gasteiger partial charge in [-0.3, -0.25) is 4.79 Å². The molecule has 0 radical (unpaired) electrons. The van der Waals surface area contributed by atoms with Gasteiger partial charge in [0, 0.05) is 16.2 Å². The Labute approximate surface area is 145 Å². The minimum atomic E-state index is -0.110. The minimum Gasteiger partial charge on any atom is -0.508 e. The predicted octanol–water partition coefficient (Wildman–Crippen LogP) is 5.47. The molecule has 0 unspecified atom stereocenters. The number of aromatic hydroxyl groups is 1. The molecule has 3 aromatic carbocycles. The SMILES string of the molecule is O=C(/C(=C/c1cccc(Cl)c1)c1ccccc1)c1ccc(O)cc1. The van der Waals surface area contributed by atoms with Crippen LogP contribution >= 0.6 is 11.6 Å². The Kier molecular flexibility index (Phi) is 4.78. The second-order valence-corrected chi connectivity index (χ2v) is 5.79. The minimum absolute atomic E-state index is 0.110. The number of halogens is 1. The highest BCUT2D eigenvalue weighted by molar-refractivity contribution is 6.33. The summed E-state index contributed by atoms with van der Waals surface area (Å²) in [6.45, 7) is 0. The van der Waals surface area contributed by atoms with Gasteiger partial charge in [0.05, 0.1) is 0 Å². The number of benzene rings is 3. The Morgan fingerprint density at radius 1 is 0.833 bits per heavy atom. The van der Waals surface area contributed by atoms with E-state index in [1.54, 1.807) is 18.2 Å². The van der Waals surface area contributed by atoms with Gasteiger partial charge in [-0.25, -0.2) is 0 Å². The van der Waals surface area contributed by atoms with Crippen LogP contribution in [0.5, 0.6) is 5.75 Å². The van der Waals surface area contributed by atoms with Crippen LogP contribution in [0.25, 0.3) is 11.6 Å². The van der Waals surface area contributed by atoms with Crippen LogP contribution in [-0.4, -0.2) is 10.9 Å². The standard InChI is InChI=1S/C21H15ClO2/c22-18-8-4-5-15(13-18)14-20(16-6-2-1-3-7-16)21(24)17-9-11-19(23)12-10-17/h1-14,23H/b20-14+. The van der Waals surface area contributed by atoms with E-state index in [0.29, 0.717) is 16.2 Å². The summed E-state index contributed by atoms with van der Waals surface area (Å²) in [5.74, 6) is 0.0211. The van der Waals surface area contributed by atoms with Crippen molar-refractivity contribution in [1.29, 1.82) is 0 Å². The molecule has 0 spiro atoms. The van der Waals surface area contributed by atoms with E-state index in [1.807, 2.05) is 54.6 Å². The lowest BCUT2D eigenvalue weighted by molar-refractivity contribution is 0.105. The molecule has 3 rings (SSSR count). The molecule has 0 amide bonds. The normalized spacial score (nSPS) is 11.3. The van der Waals surface area contributed by atoms with Crippen LogP contribution in [0.4, 0.5) is 0 Å². The van der Waals surface area contributed by atoms with Crippen molar-refractivity contribution in [2.75, 3.05) is 0 Å². The van der Waals surface area contributed by atoms with Gasteiger partial charge in [0.15, 0.2) is 5.78 Å². The van der Waals surface area contributed by atoms with Crippen LogP contribution in [0.2, 0.25) is 5.02 Å². The molecule has 3 aromatic rings. The molecule has 0 aliphatic heterocycles. The van der Waals surface area contributed by atoms with Crippen LogP contribution in [0, 0.1) is 0 Å². The van der Waals surface area contributed by atoms with Gasteiger partial charge in [-0.05, 0) is 53.6 Å². The number of hydrogen-bond acceptors (Lipinski definition) is 2. The zero-order chi connectivity index (χ0) is 16.9. The molecule has 0 aliphatic carbocycles. The number of Topliss-reactive ketones (excluding diaryl/α,β-unsaturated/α-hetero) is 1. The molecule has 0 atom stereocenters. The van der Waals surface area contributed by atoms with Gasteiger partial charge in [0.25, 0.3) is 0 Å². The molecule has 0 fully saturated rings. The first-order chi connectivity index (χ1) is 11.6. The number of rotatable bonds is 4. The number of carbonyl (C=O) groups excluding carboxylic acids is 1. The molecule has 0 saturated carbocycles. The maximum atomic E-state index is 13.0. The van der Waals surface area contributed by atoms with Crippen molar-refractivity contribution >= 4 is 29.0 Å². The van der Waals surface area contributed by atoms with Gasteiger partial charge < -0.3 is 5.11 Å². The van der Waals surface area contributed by atoms with Gasteiger partial charge in [-0.1, -0.05) is 54.1 Å². The number of carbonyl (C=O) groups is 1. The van der Waals surface area contributed by atoms with Crippen LogP contribution < -0.4 is 0 Å². The van der Waals surface area contributed by atoms with Crippen molar-refractivity contribution in [3.05, 3.63) is 101 Å². The number of ketones is 1. The molecule has 0 saturated heterocycles. The third kappa shape index (κ3) is 3.73. The topological polar surface area (TPSA) is 37.3 Å². The number of hydrogen-bond donors (Lipinski definition) is 1. The smallest absolute Gasteiger partial charge is 0.193 e. The largest absolute Gasteiger partial charge is 0.508 e. The summed E-state index contributed by atoms with van der Waals surface area (Å²) in [6.07, 6.45) is 1.83. The second kappa shape index (κ2) is 7.16. The van der Waals surface area contributed by atoms with Crippen molar-refractivity contribution in [3.63, 3.8) is 0 Å². The Balaban J connectivity index is 2.09. The molecule has 0 aliphatic rings. The third-order valence-corrected chi connectivity index (χ3v) is 3.85. The fourth-order valence-electron chi connectivity index (χ4n) is 2.43. The first-order valence-electron chi connectivity index (χ1n) is 7.50. The highest BCUT2D eigenvalue weighted by Gasteiger charge is 2.14. The average molecular weight is 335 g/mol. The molecule has 118 valence electrons. The van der Waals surface area contributed by atoms with E-state index in [1.165, 1.54) is 12.1 Å². The van der Waals surface area contributed by atoms with Crippen molar-refractivity contribution in [2.45, 2.75) is 0 Å². The molecule has 2 nitrogen and oxygen atoms in total. The predicted molar refractivity (Wildman–Crippen MR) is 98.2 cm³/mol. The monoisotopic (exact) mass is 334 g/mol. The Hall–Kier alpha value is -2.84. The Bertz CT molecular complexity index is 881. The van der Waals surface area contributed by atoms with Gasteiger partial charge >= 0.3 is 0 Å². The quantitative estimate of drug-likeness (QED) is 0.390. The Morgan fingerprint density at radius 3 is 2.21 bits per heavy atom. The van der Waals surface area contributed by atoms with Crippen molar-refractivity contribution in [1.82, 2.24) is 0 Å². The van der Waals surface area contributed by atoms with Gasteiger partial charge in [-0.15, -0.1) is 0 Å². The molecule has 0 aromatic heterocycles. The lowest BCUT2D eigenvalue weighted by atomic mass is 9.95. The maximum Gasteiger partial charge on any atom is 0.193 e. The maximum absolute atomic E-state index is 13.0. The highest BCUT2D eigenvalue weighted by atomic mass is 35.5. The van der Waals surface area contributed by atoms with Crippen LogP contribution in [-0.2, 0) is 0 Å². The summed E-state index contributed by atoms with van der Waals surface area (Å²) in [5, 5.41) is 10.0. The van der Waals surface area contributed by atoms with E-state index in [-0.39, 0.29) is 11.5 Å². The fraction of sp³-hybridized carbons (Fsp3) is 0. The summed E-state index contributed by atoms with van der Waals surface area (Å²) >= 11 is 6.05. The van der Waals surface area contributed by atoms with E-state index >= 15 is 0 Å². The number of phenolic OH excluding ortho intramolecular Hbond substituents is 1. The van der Waals surface area contributed by atoms with Gasteiger partial charge in [0.2, 0.25) is 0 Å². The molecule has 0 bridgehead atoms. The van der Waals surface area contributed by atoms with Gasteiger partial charge in [0.1, 0.15) is 5.75 Å². The van der Waals surface area contributed by atoms with Crippen molar-refractivity contribution in [2.24, 2.45) is 0 Å². The first kappa shape index (κ1) is 16.0. The van der Waals surface area contributed by atoms with E-state index in [0.717, 1.165) is 11.1 Å². The van der Waals surface area contributed by atoms with Crippen LogP contribution in [0.3, 0.4) is 0 Å². The summed E-state index contributed by atoms with van der Waals surface area (Å²) in [6, 6.07) is 23.1. The molecule has 1 N–H and O–H groups in total. The van der Waals surface area contributed by atoms with E-state index in [2.05, 4.69) is 0 Å². The summed E-state index contributed by atoms with van der Waals surface area (Å²) in [5.41, 5.74) is 2.78. The first-order valence-corrected chi connectivity index (χ1v) is 7.88. The van der Waals surface area contributed by atoms with E-state index in [9.17, 15) is 9.90 Å². The van der Waals surface area contributed by atoms with Crippen molar-refractivity contribution < 1.29 is 9.90 Å². The average Bonchev–Trinajstić information content (AvgIpc) is 2.61. The lowest BCUT2D eigenvalue weighted by Gasteiger charge is -2.08. The summed E-state index contributed by atoms with van der Waals surface area (Å²) in [7, 11) is 0. The van der Waals surface area contributed by atoms with Crippen LogP contribution in [0.1, 0.15) is 21.5 Å². The molecule has 0 heterocycles. The molecular formula is C21H15ClO2. The van der Waals surface area contributed by atoms with E-state index in [4.69, 9.17) is 11.6 Å². The molecular weight excluding hydrogens is 320 g/mol. The molecule has 3 heteroatoms. The van der Waals surface area contributed by atoms with Crippen molar-refractivity contribution in [3.8, 4) is 5.75 Å². The van der Waals surface area contributed by atoms with Gasteiger partial charge in [-0.2, -0.15) is 0 Å². The fourth-order valence-corrected chi connectivity index (χ4v) is 2.63. The number of allylic oxidation sites excluding steroid dienone is 1. The van der Waals surface area contributed by atoms with Crippen LogP contribution in [0.15, 0.2) is 78.9 Å². The lowest BCUT2D eigenvalue weighted by Crippen LogP contribution is -2.02. The van der Waals surface area contributed by atoms with E-state index < -0.39 is 0 Å². The zero-order valence-corrected chi connectivity index (χ0v) is 13.6. The zero-order valence-electron chi connectivity index (χ0n) is 12.8. The molecule has 24 heavy (non-hydrogen) atoms. The number of phenols is 1. The summed E-state index contributed by atoms with van der Waals surface area (Å²) < 4.78 is 0. The third-order valence-electron chi connectivity index (χ3n) is 3.62.